The number of nitrogens with one attached hydrogen (secondary N) is 1. The molecule has 66 heavy (non-hydrogen) atoms. The number of hydrogen-bond acceptors (Lipinski definition) is 5. The molecule has 0 heterocycles. The smallest absolute Gasteiger partial charge is 0.306 e. The molecule has 0 bridgehead atoms. The summed E-state index contributed by atoms with van der Waals surface area (Å²) < 4.78 is 5.82. The molecule has 0 spiro atoms. The van der Waals surface area contributed by atoms with Crippen LogP contribution >= 0.6 is 0 Å². The maximum Gasteiger partial charge on any atom is 0.306 e. The van der Waals surface area contributed by atoms with E-state index in [1.807, 2.05) is 6.08 Å². The Morgan fingerprint density at radius 3 is 1.30 bits per heavy atom. The van der Waals surface area contributed by atoms with Gasteiger partial charge in [0.2, 0.25) is 5.91 Å². The molecule has 0 aliphatic rings. The Hall–Kier alpha value is -3.74. The molecular weight excluding hydrogens is 815 g/mol. The van der Waals surface area contributed by atoms with Crippen molar-refractivity contribution in [1.29, 1.82) is 0 Å². The number of carbonyl (C=O) groups is 2. The highest BCUT2D eigenvalue weighted by atomic mass is 16.5. The van der Waals surface area contributed by atoms with E-state index in [0.717, 1.165) is 96.3 Å². The third-order valence-corrected chi connectivity index (χ3v) is 11.3. The molecule has 0 saturated heterocycles. The SMILES string of the molecule is CC/C=C\C/C=C\C/C=C\C/C=C\C/C=C\C/C=C\C(CC(=O)NC(CO)C(O)CCCCCCCCCCCCC)OC(=O)CCCCC/C=C\C/C=C\C/C=C\C/C=C\CCCCC. The molecule has 0 aromatic rings. The van der Waals surface area contributed by atoms with Crippen LogP contribution in [0.5, 0.6) is 0 Å². The van der Waals surface area contributed by atoms with Gasteiger partial charge in [-0.3, -0.25) is 9.59 Å². The molecule has 3 unspecified atom stereocenters. The van der Waals surface area contributed by atoms with Gasteiger partial charge in [0.1, 0.15) is 6.10 Å². The van der Waals surface area contributed by atoms with Crippen LogP contribution in [0.25, 0.3) is 0 Å². The summed E-state index contributed by atoms with van der Waals surface area (Å²) >= 11 is 0. The number of amides is 1. The Morgan fingerprint density at radius 1 is 0.470 bits per heavy atom. The summed E-state index contributed by atoms with van der Waals surface area (Å²) in [5.41, 5.74) is 0. The minimum atomic E-state index is -0.833. The third-order valence-electron chi connectivity index (χ3n) is 11.3. The first kappa shape index (κ1) is 62.3. The lowest BCUT2D eigenvalue weighted by atomic mass is 10.0. The van der Waals surface area contributed by atoms with Gasteiger partial charge in [-0.2, -0.15) is 0 Å². The normalized spacial score (nSPS) is 14.2. The number of unbranched alkanes of at least 4 members (excludes halogenated alkanes) is 16. The predicted molar refractivity (Wildman–Crippen MR) is 286 cm³/mol. The fourth-order valence-corrected chi connectivity index (χ4v) is 7.23. The number of rotatable bonds is 46. The summed E-state index contributed by atoms with van der Waals surface area (Å²) in [5.74, 6) is -0.677. The van der Waals surface area contributed by atoms with Crippen LogP contribution < -0.4 is 5.32 Å². The molecule has 0 saturated carbocycles. The van der Waals surface area contributed by atoms with Gasteiger partial charge in [0, 0.05) is 6.42 Å². The maximum absolute atomic E-state index is 13.2. The van der Waals surface area contributed by atoms with E-state index >= 15 is 0 Å². The molecule has 0 rings (SSSR count). The zero-order chi connectivity index (χ0) is 48.1. The molecule has 0 aliphatic heterocycles. The fraction of sp³-hybridized carbons (Fsp3) is 0.633. The van der Waals surface area contributed by atoms with Crippen LogP contribution in [0.15, 0.2) is 122 Å². The Morgan fingerprint density at radius 2 is 0.848 bits per heavy atom. The van der Waals surface area contributed by atoms with Crippen LogP contribution in [-0.4, -0.2) is 46.9 Å². The summed E-state index contributed by atoms with van der Waals surface area (Å²) in [5, 5.41) is 23.7. The number of esters is 1. The molecule has 3 N–H and O–H groups in total. The van der Waals surface area contributed by atoms with Gasteiger partial charge in [-0.15, -0.1) is 0 Å². The minimum absolute atomic E-state index is 0.0678. The zero-order valence-electron chi connectivity index (χ0n) is 42.5. The Kier molecular flexibility index (Phi) is 49.3. The predicted octanol–water partition coefficient (Wildman–Crippen LogP) is 16.5. The maximum atomic E-state index is 13.2. The van der Waals surface area contributed by atoms with Crippen LogP contribution in [-0.2, 0) is 14.3 Å². The molecule has 0 aromatic heterocycles. The molecule has 0 aliphatic carbocycles. The molecule has 1 amide bonds. The highest BCUT2D eigenvalue weighted by Crippen LogP contribution is 2.15. The standard InChI is InChI=1S/C60H99NO5/c1-4-7-10-13-16-19-22-24-26-28-29-31-33-35-38-41-44-47-50-53-60(65)66-56(51-48-45-42-39-37-34-32-30-27-25-23-20-17-14-11-8-5-2)54-59(64)61-57(55-62)58(63)52-49-46-43-40-36-21-18-15-12-9-6-3/h8,11,16-17,19-20,24-27,29,31-32,34-35,38-39,42,48,51,56-58,62-63H,4-7,9-10,12-15,18,21-23,28,30,33,36-37,40-41,43-47,49-50,52-55H2,1-3H3,(H,61,64)/b11-8-,19-16-,20-17-,26-24-,27-25-,31-29-,34-32-,38-35-,42-39-,51-48-. The number of carbonyl (C=O) groups excluding carboxylic acids is 2. The van der Waals surface area contributed by atoms with Crippen LogP contribution in [0.4, 0.5) is 0 Å². The number of aliphatic hydroxyl groups excluding tert-OH is 2. The van der Waals surface area contributed by atoms with E-state index < -0.39 is 18.2 Å². The Labute approximate surface area is 406 Å². The molecule has 6 heteroatoms. The van der Waals surface area contributed by atoms with Gasteiger partial charge >= 0.3 is 5.97 Å². The minimum Gasteiger partial charge on any atom is -0.458 e. The van der Waals surface area contributed by atoms with Crippen molar-refractivity contribution in [2.45, 2.75) is 238 Å². The van der Waals surface area contributed by atoms with E-state index in [9.17, 15) is 19.8 Å². The van der Waals surface area contributed by atoms with Crippen molar-refractivity contribution in [3.63, 3.8) is 0 Å². The van der Waals surface area contributed by atoms with Gasteiger partial charge < -0.3 is 20.3 Å². The van der Waals surface area contributed by atoms with E-state index in [1.54, 1.807) is 6.08 Å². The van der Waals surface area contributed by atoms with Crippen LogP contribution in [0, 0.1) is 0 Å². The number of hydrogen-bond donors (Lipinski definition) is 3. The lowest BCUT2D eigenvalue weighted by Gasteiger charge is -2.23. The Bertz CT molecular complexity index is 1390. The molecule has 0 radical (unpaired) electrons. The lowest BCUT2D eigenvalue weighted by Crippen LogP contribution is -2.46. The van der Waals surface area contributed by atoms with Crippen molar-refractivity contribution in [2.24, 2.45) is 0 Å². The van der Waals surface area contributed by atoms with Crippen molar-refractivity contribution in [3.8, 4) is 0 Å². The van der Waals surface area contributed by atoms with E-state index in [4.69, 9.17) is 4.74 Å². The number of ether oxygens (including phenoxy) is 1. The van der Waals surface area contributed by atoms with Gasteiger partial charge in [0.15, 0.2) is 0 Å². The summed E-state index contributed by atoms with van der Waals surface area (Å²) in [7, 11) is 0. The van der Waals surface area contributed by atoms with E-state index in [2.05, 4.69) is 135 Å². The van der Waals surface area contributed by atoms with Crippen LogP contribution in [0.1, 0.15) is 220 Å². The third kappa shape index (κ3) is 46.8. The molecule has 6 nitrogen and oxygen atoms in total. The van der Waals surface area contributed by atoms with Gasteiger partial charge in [-0.05, 0) is 102 Å². The number of allylic oxidation sites excluding steroid dienone is 19. The second kappa shape index (κ2) is 52.2. The van der Waals surface area contributed by atoms with Crippen LogP contribution in [0.2, 0.25) is 0 Å². The van der Waals surface area contributed by atoms with Gasteiger partial charge in [-0.1, -0.05) is 226 Å². The quantitative estimate of drug-likeness (QED) is 0.0321. The average Bonchev–Trinajstić information content (AvgIpc) is 3.31. The highest BCUT2D eigenvalue weighted by Gasteiger charge is 2.23. The van der Waals surface area contributed by atoms with Crippen molar-refractivity contribution < 1.29 is 24.5 Å². The second-order valence-corrected chi connectivity index (χ2v) is 17.5. The molecule has 0 fully saturated rings. The van der Waals surface area contributed by atoms with Gasteiger partial charge in [0.25, 0.3) is 0 Å². The first-order valence-corrected chi connectivity index (χ1v) is 26.8. The van der Waals surface area contributed by atoms with Crippen molar-refractivity contribution in [2.75, 3.05) is 6.61 Å². The first-order chi connectivity index (χ1) is 32.5. The molecule has 3 atom stereocenters. The summed E-state index contributed by atoms with van der Waals surface area (Å²) in [4.78, 5) is 26.1. The molecular formula is C60H99NO5. The number of aliphatic hydroxyl groups is 2. The first-order valence-electron chi connectivity index (χ1n) is 26.8. The van der Waals surface area contributed by atoms with Gasteiger partial charge in [0.05, 0.1) is 25.2 Å². The van der Waals surface area contributed by atoms with Crippen molar-refractivity contribution in [1.82, 2.24) is 5.32 Å². The lowest BCUT2D eigenvalue weighted by molar-refractivity contribution is -0.148. The van der Waals surface area contributed by atoms with E-state index in [0.29, 0.717) is 19.3 Å². The van der Waals surface area contributed by atoms with E-state index in [1.165, 1.54) is 77.0 Å². The summed E-state index contributed by atoms with van der Waals surface area (Å²) in [6.45, 7) is 6.28. The Balaban J connectivity index is 4.84. The fourth-order valence-electron chi connectivity index (χ4n) is 7.23. The monoisotopic (exact) mass is 914 g/mol. The zero-order valence-corrected chi connectivity index (χ0v) is 42.5. The second-order valence-electron chi connectivity index (χ2n) is 17.5. The summed E-state index contributed by atoms with van der Waals surface area (Å²) in [6.07, 6.45) is 72.9. The largest absolute Gasteiger partial charge is 0.458 e. The van der Waals surface area contributed by atoms with Crippen molar-refractivity contribution in [3.05, 3.63) is 122 Å². The van der Waals surface area contributed by atoms with Gasteiger partial charge in [-0.25, -0.2) is 0 Å². The van der Waals surface area contributed by atoms with E-state index in [-0.39, 0.29) is 24.9 Å². The molecule has 374 valence electrons. The van der Waals surface area contributed by atoms with Crippen LogP contribution in [0.3, 0.4) is 0 Å². The topological polar surface area (TPSA) is 95.9 Å². The highest BCUT2D eigenvalue weighted by molar-refractivity contribution is 5.78. The molecule has 0 aromatic carbocycles. The summed E-state index contributed by atoms with van der Waals surface area (Å²) in [6, 6.07) is -0.758. The van der Waals surface area contributed by atoms with Crippen molar-refractivity contribution >= 4 is 11.9 Å². The average molecular weight is 914 g/mol.